The van der Waals surface area contributed by atoms with E-state index in [2.05, 4.69) is 30.5 Å². The van der Waals surface area contributed by atoms with Crippen LogP contribution in [0.2, 0.25) is 0 Å². The van der Waals surface area contributed by atoms with Crippen LogP contribution in [0.3, 0.4) is 0 Å². The van der Waals surface area contributed by atoms with Crippen molar-refractivity contribution in [3.8, 4) is 22.8 Å². The minimum Gasteiger partial charge on any atom is -0.496 e. The minimum atomic E-state index is -3.45. The number of aromatic nitrogens is 1. The number of hydrogen-bond acceptors (Lipinski definition) is 6. The number of halogens is 1. The average molecular weight is 515 g/mol. The Morgan fingerprint density at radius 2 is 1.75 bits per heavy atom. The standard InChI is InChI=1S/C27H31FN2O5S/c1-27(2,3)24-13-19(23-14-21(28)15-29-26(23)35-5)11-18(25(24)34-4)8-7-17-9-10-22(12-20(17)16-31)30-36(6,32)33/h7-15,30-31H,16H2,1-6H3. The van der Waals surface area contributed by atoms with E-state index in [4.69, 9.17) is 9.47 Å². The lowest BCUT2D eigenvalue weighted by Crippen LogP contribution is -2.14. The van der Waals surface area contributed by atoms with Gasteiger partial charge in [-0.15, -0.1) is 0 Å². The Labute approximate surface area is 211 Å². The fourth-order valence-corrected chi connectivity index (χ4v) is 4.43. The molecule has 0 aliphatic carbocycles. The van der Waals surface area contributed by atoms with E-state index in [1.165, 1.54) is 13.2 Å². The summed E-state index contributed by atoms with van der Waals surface area (Å²) in [5.41, 5.74) is 4.16. The highest BCUT2D eigenvalue weighted by Crippen LogP contribution is 2.40. The SMILES string of the molecule is COc1ncc(F)cc1-c1cc(C=Cc2ccc(NS(C)(=O)=O)cc2CO)c(OC)c(C(C)(C)C)c1. The molecular formula is C27H31FN2O5S. The molecule has 0 radical (unpaired) electrons. The number of rotatable bonds is 8. The van der Waals surface area contributed by atoms with Crippen LogP contribution in [0, 0.1) is 5.82 Å². The van der Waals surface area contributed by atoms with Crippen molar-refractivity contribution in [1.82, 2.24) is 4.98 Å². The van der Waals surface area contributed by atoms with Gasteiger partial charge in [0.2, 0.25) is 15.9 Å². The maximum Gasteiger partial charge on any atom is 0.229 e. The van der Waals surface area contributed by atoms with E-state index >= 15 is 0 Å². The first-order valence-corrected chi connectivity index (χ1v) is 13.1. The molecule has 7 nitrogen and oxygen atoms in total. The van der Waals surface area contributed by atoms with Crippen LogP contribution in [0.1, 0.15) is 43.0 Å². The third kappa shape index (κ3) is 6.41. The van der Waals surface area contributed by atoms with Crippen LogP contribution in [0.4, 0.5) is 10.1 Å². The van der Waals surface area contributed by atoms with Crippen molar-refractivity contribution >= 4 is 27.9 Å². The summed E-state index contributed by atoms with van der Waals surface area (Å²) in [5.74, 6) is 0.478. The number of nitrogens with zero attached hydrogens (tertiary/aromatic N) is 1. The number of ether oxygens (including phenoxy) is 2. The van der Waals surface area contributed by atoms with Crippen molar-refractivity contribution in [1.29, 1.82) is 0 Å². The Kier molecular flexibility index (Phi) is 8.05. The van der Waals surface area contributed by atoms with Gasteiger partial charge in [0.15, 0.2) is 0 Å². The summed E-state index contributed by atoms with van der Waals surface area (Å²) in [6.07, 6.45) is 5.82. The first-order chi connectivity index (χ1) is 16.9. The number of aliphatic hydroxyl groups is 1. The molecule has 0 unspecified atom stereocenters. The molecule has 2 N–H and O–H groups in total. The highest BCUT2D eigenvalue weighted by atomic mass is 32.2. The summed E-state index contributed by atoms with van der Waals surface area (Å²) >= 11 is 0. The van der Waals surface area contributed by atoms with E-state index in [9.17, 15) is 17.9 Å². The van der Waals surface area contributed by atoms with E-state index in [0.717, 1.165) is 23.6 Å². The van der Waals surface area contributed by atoms with Gasteiger partial charge in [0.05, 0.1) is 33.3 Å². The van der Waals surface area contributed by atoms with Gasteiger partial charge in [0.25, 0.3) is 0 Å². The quantitative estimate of drug-likeness (QED) is 0.399. The van der Waals surface area contributed by atoms with Gasteiger partial charge in [-0.3, -0.25) is 4.72 Å². The smallest absolute Gasteiger partial charge is 0.229 e. The van der Waals surface area contributed by atoms with Crippen molar-refractivity contribution in [2.75, 3.05) is 25.2 Å². The molecule has 36 heavy (non-hydrogen) atoms. The second-order valence-electron chi connectivity index (χ2n) is 9.39. The van der Waals surface area contributed by atoms with E-state index in [-0.39, 0.29) is 12.0 Å². The number of anilines is 1. The normalized spacial score (nSPS) is 12.1. The maximum atomic E-state index is 14.1. The predicted molar refractivity (Wildman–Crippen MR) is 141 cm³/mol. The zero-order valence-corrected chi connectivity index (χ0v) is 22.0. The van der Waals surface area contributed by atoms with Gasteiger partial charge in [0, 0.05) is 22.4 Å². The van der Waals surface area contributed by atoms with Crippen molar-refractivity contribution in [3.05, 3.63) is 70.7 Å². The Bertz CT molecular complexity index is 1400. The van der Waals surface area contributed by atoms with Gasteiger partial charge in [0.1, 0.15) is 11.6 Å². The fourth-order valence-electron chi connectivity index (χ4n) is 3.87. The molecule has 3 rings (SSSR count). The van der Waals surface area contributed by atoms with Crippen LogP contribution < -0.4 is 14.2 Å². The van der Waals surface area contributed by atoms with Crippen molar-refractivity contribution < 1.29 is 27.4 Å². The molecule has 0 spiro atoms. The summed E-state index contributed by atoms with van der Waals surface area (Å²) < 4.78 is 50.8. The average Bonchev–Trinajstić information content (AvgIpc) is 2.80. The summed E-state index contributed by atoms with van der Waals surface area (Å²) in [7, 11) is -0.369. The summed E-state index contributed by atoms with van der Waals surface area (Å²) in [4.78, 5) is 4.06. The van der Waals surface area contributed by atoms with Crippen LogP contribution in [-0.2, 0) is 22.0 Å². The molecule has 0 atom stereocenters. The second-order valence-corrected chi connectivity index (χ2v) is 11.1. The van der Waals surface area contributed by atoms with Crippen LogP contribution in [0.5, 0.6) is 11.6 Å². The lowest BCUT2D eigenvalue weighted by atomic mass is 9.83. The lowest BCUT2D eigenvalue weighted by molar-refractivity contribution is 0.281. The Morgan fingerprint density at radius 3 is 2.33 bits per heavy atom. The molecule has 0 aliphatic rings. The number of hydrogen-bond donors (Lipinski definition) is 2. The van der Waals surface area contributed by atoms with E-state index < -0.39 is 15.8 Å². The third-order valence-corrected chi connectivity index (χ3v) is 6.12. The Balaban J connectivity index is 2.18. The molecule has 0 saturated carbocycles. The first kappa shape index (κ1) is 27.2. The van der Waals surface area contributed by atoms with Gasteiger partial charge >= 0.3 is 0 Å². The molecule has 3 aromatic rings. The zero-order valence-electron chi connectivity index (χ0n) is 21.2. The molecule has 0 fully saturated rings. The molecule has 9 heteroatoms. The van der Waals surface area contributed by atoms with Crippen molar-refractivity contribution in [3.63, 3.8) is 0 Å². The van der Waals surface area contributed by atoms with Crippen molar-refractivity contribution in [2.45, 2.75) is 32.8 Å². The van der Waals surface area contributed by atoms with Gasteiger partial charge in [-0.25, -0.2) is 17.8 Å². The number of nitrogens with one attached hydrogen (secondary N) is 1. The Hall–Kier alpha value is -3.43. The van der Waals surface area contributed by atoms with Crippen molar-refractivity contribution in [2.24, 2.45) is 0 Å². The molecule has 192 valence electrons. The van der Waals surface area contributed by atoms with E-state index in [1.807, 2.05) is 24.3 Å². The topological polar surface area (TPSA) is 97.8 Å². The van der Waals surface area contributed by atoms with Gasteiger partial charge in [-0.2, -0.15) is 0 Å². The summed E-state index contributed by atoms with van der Waals surface area (Å²) in [5, 5.41) is 9.87. The van der Waals surface area contributed by atoms with Crippen LogP contribution in [-0.4, -0.2) is 39.0 Å². The van der Waals surface area contributed by atoms with Gasteiger partial charge < -0.3 is 14.6 Å². The van der Waals surface area contributed by atoms with E-state index in [1.54, 1.807) is 25.3 Å². The molecule has 2 aromatic carbocycles. The highest BCUT2D eigenvalue weighted by Gasteiger charge is 2.23. The first-order valence-electron chi connectivity index (χ1n) is 11.2. The molecule has 0 amide bonds. The number of aliphatic hydroxyl groups excluding tert-OH is 1. The second kappa shape index (κ2) is 10.7. The zero-order chi connectivity index (χ0) is 26.7. The largest absolute Gasteiger partial charge is 0.496 e. The molecule has 1 heterocycles. The van der Waals surface area contributed by atoms with Crippen LogP contribution in [0.25, 0.3) is 23.3 Å². The molecule has 0 aliphatic heterocycles. The van der Waals surface area contributed by atoms with Gasteiger partial charge in [-0.05, 0) is 52.4 Å². The van der Waals surface area contributed by atoms with Crippen LogP contribution in [0.15, 0.2) is 42.6 Å². The highest BCUT2D eigenvalue weighted by molar-refractivity contribution is 7.92. The number of methoxy groups -OCH3 is 2. The van der Waals surface area contributed by atoms with Crippen LogP contribution >= 0.6 is 0 Å². The van der Waals surface area contributed by atoms with E-state index in [0.29, 0.717) is 39.6 Å². The predicted octanol–water partition coefficient (Wildman–Crippen LogP) is 5.24. The maximum absolute atomic E-state index is 14.1. The number of benzene rings is 2. The molecule has 0 saturated heterocycles. The molecule has 1 aromatic heterocycles. The summed E-state index contributed by atoms with van der Waals surface area (Å²) in [6.45, 7) is 5.89. The third-order valence-electron chi connectivity index (χ3n) is 5.51. The fraction of sp³-hybridized carbons (Fsp3) is 0.296. The summed E-state index contributed by atoms with van der Waals surface area (Å²) in [6, 6.07) is 10.1. The molecule has 0 bridgehead atoms. The van der Waals surface area contributed by atoms with Gasteiger partial charge in [-0.1, -0.05) is 39.0 Å². The minimum absolute atomic E-state index is 0.282. The number of sulfonamides is 1. The Morgan fingerprint density at radius 1 is 1.06 bits per heavy atom. The molecular weight excluding hydrogens is 483 g/mol. The number of pyridine rings is 1. The lowest BCUT2D eigenvalue weighted by Gasteiger charge is -2.25. The monoisotopic (exact) mass is 514 g/mol.